The third kappa shape index (κ3) is 4.68. The topological polar surface area (TPSA) is 56.8 Å². The zero-order valence-electron chi connectivity index (χ0n) is 13.7. The molecule has 3 rings (SSSR count). The number of hydrogen-bond acceptors (Lipinski definition) is 5. The number of aromatic nitrogens is 2. The smallest absolute Gasteiger partial charge is 0.137 e. The largest absolute Gasteiger partial charge is 0.379 e. The summed E-state index contributed by atoms with van der Waals surface area (Å²) in [4.78, 5) is 9.35. The first-order chi connectivity index (χ1) is 11.7. The molecule has 7 heteroatoms. The van der Waals surface area contributed by atoms with E-state index < -0.39 is 0 Å². The maximum Gasteiger partial charge on any atom is 0.137 e. The molecule has 2 aromatic rings. The van der Waals surface area contributed by atoms with E-state index in [4.69, 9.17) is 21.6 Å². The lowest BCUT2D eigenvalue weighted by Gasteiger charge is -2.29. The Kier molecular flexibility index (Phi) is 6.05. The van der Waals surface area contributed by atoms with E-state index in [2.05, 4.69) is 20.9 Å². The molecule has 1 fully saturated rings. The fourth-order valence-corrected chi connectivity index (χ4v) is 3.08. The van der Waals surface area contributed by atoms with Crippen molar-refractivity contribution in [2.24, 2.45) is 0 Å². The molecule has 6 nitrogen and oxygen atoms in total. The first-order valence-corrected chi connectivity index (χ1v) is 8.65. The summed E-state index contributed by atoms with van der Waals surface area (Å²) in [5, 5.41) is 9.60. The van der Waals surface area contributed by atoms with Crippen molar-refractivity contribution in [3.05, 3.63) is 35.2 Å². The first kappa shape index (κ1) is 17.2. The van der Waals surface area contributed by atoms with Crippen LogP contribution in [0.4, 0.5) is 0 Å². The highest BCUT2D eigenvalue weighted by molar-refractivity contribution is 6.30. The predicted molar refractivity (Wildman–Crippen MR) is 93.0 cm³/mol. The summed E-state index contributed by atoms with van der Waals surface area (Å²) in [5.74, 6) is 0. The number of fused-ring (bicyclic) bond motifs is 1. The third-order valence-corrected chi connectivity index (χ3v) is 4.45. The lowest BCUT2D eigenvalue weighted by molar-refractivity contribution is 0.0330. The van der Waals surface area contributed by atoms with Gasteiger partial charge in [-0.1, -0.05) is 11.6 Å². The van der Waals surface area contributed by atoms with Crippen molar-refractivity contribution in [1.82, 2.24) is 19.2 Å². The van der Waals surface area contributed by atoms with E-state index in [0.29, 0.717) is 11.4 Å². The molecule has 0 unspecified atom stereocenters. The number of nitriles is 1. The molecule has 0 spiro atoms. The van der Waals surface area contributed by atoms with Crippen LogP contribution in [-0.4, -0.2) is 65.1 Å². The Labute approximate surface area is 147 Å². The number of morpholine rings is 1. The van der Waals surface area contributed by atoms with Crippen LogP contribution in [0.2, 0.25) is 5.02 Å². The number of imidazole rings is 1. The molecule has 0 amide bonds. The van der Waals surface area contributed by atoms with Crippen LogP contribution in [0.1, 0.15) is 12.1 Å². The monoisotopic (exact) mass is 347 g/mol. The zero-order chi connectivity index (χ0) is 16.8. The van der Waals surface area contributed by atoms with Crippen molar-refractivity contribution in [2.45, 2.75) is 13.0 Å². The van der Waals surface area contributed by atoms with Gasteiger partial charge in [0.1, 0.15) is 5.65 Å². The molecule has 1 aliphatic heterocycles. The van der Waals surface area contributed by atoms with E-state index in [1.165, 1.54) is 0 Å². The Hall–Kier alpha value is -1.65. The summed E-state index contributed by atoms with van der Waals surface area (Å²) in [6, 6.07) is 6.00. The summed E-state index contributed by atoms with van der Waals surface area (Å²) < 4.78 is 7.34. The highest BCUT2D eigenvalue weighted by atomic mass is 35.5. The molecule has 1 aliphatic rings. The van der Waals surface area contributed by atoms with Gasteiger partial charge in [-0.25, -0.2) is 4.98 Å². The van der Waals surface area contributed by atoms with E-state index in [1.807, 2.05) is 28.9 Å². The van der Waals surface area contributed by atoms with E-state index >= 15 is 0 Å². The second-order valence-electron chi connectivity index (χ2n) is 5.98. The normalized spacial score (nSPS) is 15.9. The van der Waals surface area contributed by atoms with E-state index in [9.17, 15) is 0 Å². The van der Waals surface area contributed by atoms with Gasteiger partial charge in [-0.05, 0) is 12.1 Å². The third-order valence-electron chi connectivity index (χ3n) is 4.23. The van der Waals surface area contributed by atoms with E-state index in [-0.39, 0.29) is 0 Å². The summed E-state index contributed by atoms with van der Waals surface area (Å²) >= 11 is 6.03. The van der Waals surface area contributed by atoms with Crippen molar-refractivity contribution >= 4 is 17.2 Å². The summed E-state index contributed by atoms with van der Waals surface area (Å²) in [5.41, 5.74) is 1.89. The minimum absolute atomic E-state index is 0.530. The van der Waals surface area contributed by atoms with Crippen LogP contribution in [0.5, 0.6) is 0 Å². The molecule has 128 valence electrons. The molecule has 1 saturated heterocycles. The van der Waals surface area contributed by atoms with Crippen molar-refractivity contribution in [3.8, 4) is 6.07 Å². The SMILES string of the molecule is N#CCCN(CCN1CCOCC1)Cc1cn2cc(Cl)ccc2n1. The van der Waals surface area contributed by atoms with Gasteiger partial charge >= 0.3 is 0 Å². The number of nitrogens with zero attached hydrogens (tertiary/aromatic N) is 5. The number of halogens is 1. The summed E-state index contributed by atoms with van der Waals surface area (Å²) in [7, 11) is 0. The van der Waals surface area contributed by atoms with Gasteiger partial charge in [-0.15, -0.1) is 0 Å². The molecular formula is C17H22ClN5O. The second-order valence-corrected chi connectivity index (χ2v) is 6.42. The van der Waals surface area contributed by atoms with Crippen molar-refractivity contribution in [1.29, 1.82) is 5.26 Å². The minimum Gasteiger partial charge on any atom is -0.379 e. The average Bonchev–Trinajstić information content (AvgIpc) is 2.99. The molecule has 0 aliphatic carbocycles. The fourth-order valence-electron chi connectivity index (χ4n) is 2.91. The lowest BCUT2D eigenvalue weighted by atomic mass is 10.3. The Balaban J connectivity index is 1.62. The standard InChI is InChI=1S/C17H22ClN5O/c18-15-2-3-17-20-16(14-23(17)12-15)13-22(5-1-4-19)7-6-21-8-10-24-11-9-21/h2-3,12,14H,1,5-11,13H2. The Morgan fingerprint density at radius 3 is 2.88 bits per heavy atom. The maximum atomic E-state index is 8.91. The minimum atomic E-state index is 0.530. The molecule has 3 heterocycles. The van der Waals surface area contributed by atoms with Gasteiger partial charge in [0.25, 0.3) is 0 Å². The van der Waals surface area contributed by atoms with Gasteiger partial charge in [-0.2, -0.15) is 5.26 Å². The predicted octanol–water partition coefficient (Wildman–Crippen LogP) is 2.04. The number of ether oxygens (including phenoxy) is 1. The van der Waals surface area contributed by atoms with Gasteiger partial charge in [0.2, 0.25) is 0 Å². The molecule has 0 aromatic carbocycles. The number of pyridine rings is 1. The van der Waals surface area contributed by atoms with Crippen LogP contribution in [0.3, 0.4) is 0 Å². The van der Waals surface area contributed by atoms with Crippen molar-refractivity contribution in [2.75, 3.05) is 45.9 Å². The molecule has 2 aromatic heterocycles. The van der Waals surface area contributed by atoms with Crippen molar-refractivity contribution in [3.63, 3.8) is 0 Å². The molecule has 0 radical (unpaired) electrons. The van der Waals surface area contributed by atoms with Crippen LogP contribution in [0, 0.1) is 11.3 Å². The molecule has 0 atom stereocenters. The summed E-state index contributed by atoms with van der Waals surface area (Å²) in [6.45, 7) is 7.01. The van der Waals surface area contributed by atoms with E-state index in [1.54, 1.807) is 0 Å². The van der Waals surface area contributed by atoms with E-state index in [0.717, 1.165) is 63.8 Å². The quantitative estimate of drug-likeness (QED) is 0.767. The highest BCUT2D eigenvalue weighted by Crippen LogP contribution is 2.13. The van der Waals surface area contributed by atoms with Crippen LogP contribution in [0.25, 0.3) is 5.65 Å². The van der Waals surface area contributed by atoms with Crippen LogP contribution < -0.4 is 0 Å². The Bertz CT molecular complexity index is 705. The fraction of sp³-hybridized carbons (Fsp3) is 0.529. The first-order valence-electron chi connectivity index (χ1n) is 8.27. The van der Waals surface area contributed by atoms with Gasteiger partial charge in [-0.3, -0.25) is 9.80 Å². The molecular weight excluding hydrogens is 326 g/mol. The van der Waals surface area contributed by atoms with Gasteiger partial charge in [0, 0.05) is 58.1 Å². The Morgan fingerprint density at radius 1 is 1.25 bits per heavy atom. The zero-order valence-corrected chi connectivity index (χ0v) is 14.5. The highest BCUT2D eigenvalue weighted by Gasteiger charge is 2.14. The molecule has 0 N–H and O–H groups in total. The van der Waals surface area contributed by atoms with Crippen LogP contribution in [-0.2, 0) is 11.3 Å². The van der Waals surface area contributed by atoms with Gasteiger partial charge in [0.15, 0.2) is 0 Å². The van der Waals surface area contributed by atoms with Crippen LogP contribution in [0.15, 0.2) is 24.5 Å². The number of rotatable bonds is 7. The molecule has 0 bridgehead atoms. The average molecular weight is 348 g/mol. The molecule has 0 saturated carbocycles. The Morgan fingerprint density at radius 2 is 2.08 bits per heavy atom. The maximum absolute atomic E-state index is 8.91. The lowest BCUT2D eigenvalue weighted by Crippen LogP contribution is -2.41. The van der Waals surface area contributed by atoms with Gasteiger partial charge in [0.05, 0.1) is 30.0 Å². The summed E-state index contributed by atoms with van der Waals surface area (Å²) in [6.07, 6.45) is 4.40. The number of hydrogen-bond donors (Lipinski definition) is 0. The van der Waals surface area contributed by atoms with Crippen molar-refractivity contribution < 1.29 is 4.74 Å². The second kappa shape index (κ2) is 8.45. The van der Waals surface area contributed by atoms with Gasteiger partial charge < -0.3 is 9.14 Å². The molecule has 24 heavy (non-hydrogen) atoms. The van der Waals surface area contributed by atoms with Crippen LogP contribution >= 0.6 is 11.6 Å².